The molecule has 0 bridgehead atoms. The summed E-state index contributed by atoms with van der Waals surface area (Å²) in [5.41, 5.74) is 0.999. The standard InChI is InChI=1S/C28H36N2O7/c1-28(2,3)27(34)37-19-36-26(33)23(18-21-13-9-6-10-14-21)30-22(17-20-11-7-5-8-12-20)25(32)29-16-15-24(31)35-4/h5-14,22-23,30H,15-19H2,1-4H3,(H,29,32)/t22-,23?/m0/s1. The van der Waals surface area contributed by atoms with Crippen LogP contribution in [-0.2, 0) is 46.2 Å². The van der Waals surface area contributed by atoms with Crippen LogP contribution < -0.4 is 10.6 Å². The first-order valence-corrected chi connectivity index (χ1v) is 12.1. The summed E-state index contributed by atoms with van der Waals surface area (Å²) in [6.45, 7) is 4.66. The first-order valence-electron chi connectivity index (χ1n) is 12.1. The largest absolute Gasteiger partial charge is 0.469 e. The van der Waals surface area contributed by atoms with E-state index in [0.29, 0.717) is 6.42 Å². The number of carbonyl (C=O) groups excluding carboxylic acids is 4. The minimum atomic E-state index is -0.907. The maximum Gasteiger partial charge on any atom is 0.326 e. The zero-order valence-electron chi connectivity index (χ0n) is 21.8. The van der Waals surface area contributed by atoms with Gasteiger partial charge in [0, 0.05) is 6.54 Å². The van der Waals surface area contributed by atoms with E-state index in [1.807, 2.05) is 60.7 Å². The number of esters is 3. The lowest BCUT2D eigenvalue weighted by Gasteiger charge is -2.25. The number of amides is 1. The molecule has 0 spiro atoms. The molecule has 9 heteroatoms. The minimum absolute atomic E-state index is 0.0227. The summed E-state index contributed by atoms with van der Waals surface area (Å²) in [7, 11) is 1.28. The second kappa shape index (κ2) is 14.7. The monoisotopic (exact) mass is 512 g/mol. The van der Waals surface area contributed by atoms with Crippen LogP contribution in [0.1, 0.15) is 38.3 Å². The van der Waals surface area contributed by atoms with Crippen LogP contribution in [0.2, 0.25) is 0 Å². The third-order valence-electron chi connectivity index (χ3n) is 5.43. The van der Waals surface area contributed by atoms with Crippen LogP contribution in [-0.4, -0.2) is 56.3 Å². The molecule has 0 aromatic heterocycles. The SMILES string of the molecule is COC(=O)CCNC(=O)[C@H](Cc1ccccc1)NC(Cc1ccccc1)C(=O)OCOC(=O)C(C)(C)C. The van der Waals surface area contributed by atoms with Crippen molar-refractivity contribution < 1.29 is 33.4 Å². The van der Waals surface area contributed by atoms with E-state index in [4.69, 9.17) is 9.47 Å². The first kappa shape index (κ1) is 29.5. The van der Waals surface area contributed by atoms with Crippen molar-refractivity contribution in [2.24, 2.45) is 5.41 Å². The Bertz CT molecular complexity index is 1020. The summed E-state index contributed by atoms with van der Waals surface area (Å²) in [6.07, 6.45) is 0.561. The maximum atomic E-state index is 13.1. The molecule has 0 fully saturated rings. The van der Waals surface area contributed by atoms with Gasteiger partial charge in [-0.2, -0.15) is 0 Å². The Morgan fingerprint density at radius 1 is 0.811 bits per heavy atom. The minimum Gasteiger partial charge on any atom is -0.469 e. The topological polar surface area (TPSA) is 120 Å². The van der Waals surface area contributed by atoms with Gasteiger partial charge in [0.25, 0.3) is 0 Å². The molecular weight excluding hydrogens is 476 g/mol. The number of hydrogen-bond donors (Lipinski definition) is 2. The Labute approximate surface area is 217 Å². The molecular formula is C28H36N2O7. The van der Waals surface area contributed by atoms with Gasteiger partial charge in [-0.1, -0.05) is 60.7 Å². The number of rotatable bonds is 13. The van der Waals surface area contributed by atoms with Crippen molar-refractivity contribution in [1.29, 1.82) is 0 Å². The highest BCUT2D eigenvalue weighted by Crippen LogP contribution is 2.15. The van der Waals surface area contributed by atoms with Gasteiger partial charge in [-0.15, -0.1) is 0 Å². The van der Waals surface area contributed by atoms with Gasteiger partial charge < -0.3 is 19.5 Å². The van der Waals surface area contributed by atoms with E-state index < -0.39 is 42.2 Å². The molecule has 2 rings (SSSR count). The second-order valence-corrected chi connectivity index (χ2v) is 9.53. The molecule has 0 radical (unpaired) electrons. The van der Waals surface area contributed by atoms with Crippen LogP contribution in [0.4, 0.5) is 0 Å². The zero-order valence-corrected chi connectivity index (χ0v) is 21.8. The third kappa shape index (κ3) is 10.8. The lowest BCUT2D eigenvalue weighted by Crippen LogP contribution is -2.53. The van der Waals surface area contributed by atoms with Crippen LogP contribution >= 0.6 is 0 Å². The molecule has 9 nitrogen and oxygen atoms in total. The van der Waals surface area contributed by atoms with Crippen molar-refractivity contribution in [1.82, 2.24) is 10.6 Å². The Balaban J connectivity index is 2.18. The van der Waals surface area contributed by atoms with Crippen molar-refractivity contribution in [3.63, 3.8) is 0 Å². The van der Waals surface area contributed by atoms with Gasteiger partial charge in [-0.05, 0) is 44.7 Å². The van der Waals surface area contributed by atoms with Crippen LogP contribution in [0, 0.1) is 5.41 Å². The molecule has 1 amide bonds. The number of nitrogens with one attached hydrogen (secondary N) is 2. The van der Waals surface area contributed by atoms with Gasteiger partial charge >= 0.3 is 17.9 Å². The van der Waals surface area contributed by atoms with Crippen LogP contribution in [0.5, 0.6) is 0 Å². The number of hydrogen-bond acceptors (Lipinski definition) is 8. The number of methoxy groups -OCH3 is 1. The molecule has 2 aromatic carbocycles. The highest BCUT2D eigenvalue weighted by atomic mass is 16.7. The highest BCUT2D eigenvalue weighted by molar-refractivity contribution is 5.84. The zero-order chi connectivity index (χ0) is 27.3. The van der Waals surface area contributed by atoms with E-state index in [1.165, 1.54) is 7.11 Å². The fourth-order valence-electron chi connectivity index (χ4n) is 3.35. The summed E-state index contributed by atoms with van der Waals surface area (Å²) in [5.74, 6) is -1.98. The maximum absolute atomic E-state index is 13.1. The lowest BCUT2D eigenvalue weighted by atomic mass is 9.98. The predicted molar refractivity (Wildman–Crippen MR) is 137 cm³/mol. The average Bonchev–Trinajstić information content (AvgIpc) is 2.88. The molecule has 2 atom stereocenters. The third-order valence-corrected chi connectivity index (χ3v) is 5.43. The number of benzene rings is 2. The molecule has 0 aliphatic rings. The summed E-state index contributed by atoms with van der Waals surface area (Å²) in [5, 5.41) is 5.86. The van der Waals surface area contributed by atoms with E-state index in [-0.39, 0.29) is 25.3 Å². The van der Waals surface area contributed by atoms with E-state index >= 15 is 0 Å². The van der Waals surface area contributed by atoms with Crippen LogP contribution in [0.15, 0.2) is 60.7 Å². The molecule has 0 aliphatic heterocycles. The Kier molecular flexibility index (Phi) is 11.8. The first-order chi connectivity index (χ1) is 17.6. The quantitative estimate of drug-likeness (QED) is 0.310. The van der Waals surface area contributed by atoms with Gasteiger partial charge in [0.2, 0.25) is 12.7 Å². The van der Waals surface area contributed by atoms with E-state index in [0.717, 1.165) is 11.1 Å². The second-order valence-electron chi connectivity index (χ2n) is 9.53. The fraction of sp³-hybridized carbons (Fsp3) is 0.429. The normalized spacial score (nSPS) is 12.6. The van der Waals surface area contributed by atoms with E-state index in [9.17, 15) is 19.2 Å². The van der Waals surface area contributed by atoms with Gasteiger partial charge in [0.05, 0.1) is 25.0 Å². The van der Waals surface area contributed by atoms with Crippen molar-refractivity contribution in [3.05, 3.63) is 71.8 Å². The molecule has 2 aromatic rings. The van der Waals surface area contributed by atoms with Gasteiger partial charge in [0.1, 0.15) is 6.04 Å². The number of ether oxygens (including phenoxy) is 3. The van der Waals surface area contributed by atoms with Crippen molar-refractivity contribution >= 4 is 23.8 Å². The Morgan fingerprint density at radius 3 is 1.86 bits per heavy atom. The van der Waals surface area contributed by atoms with Crippen LogP contribution in [0.25, 0.3) is 0 Å². The van der Waals surface area contributed by atoms with Crippen molar-refractivity contribution in [2.75, 3.05) is 20.4 Å². The summed E-state index contributed by atoms with van der Waals surface area (Å²) in [6, 6.07) is 16.9. The van der Waals surface area contributed by atoms with Crippen molar-refractivity contribution in [3.8, 4) is 0 Å². The lowest BCUT2D eigenvalue weighted by molar-refractivity contribution is -0.174. The highest BCUT2D eigenvalue weighted by Gasteiger charge is 2.29. The number of carbonyl (C=O) groups is 4. The predicted octanol–water partition coefficient (Wildman–Crippen LogP) is 2.57. The summed E-state index contributed by atoms with van der Waals surface area (Å²) in [4.78, 5) is 49.6. The molecule has 200 valence electrons. The summed E-state index contributed by atoms with van der Waals surface area (Å²) >= 11 is 0. The van der Waals surface area contributed by atoms with Gasteiger partial charge in [-0.25, -0.2) is 0 Å². The van der Waals surface area contributed by atoms with Gasteiger partial charge in [0.15, 0.2) is 0 Å². The fourth-order valence-corrected chi connectivity index (χ4v) is 3.35. The van der Waals surface area contributed by atoms with Gasteiger partial charge in [-0.3, -0.25) is 24.5 Å². The Hall–Kier alpha value is -3.72. The molecule has 2 N–H and O–H groups in total. The smallest absolute Gasteiger partial charge is 0.326 e. The van der Waals surface area contributed by atoms with E-state index in [2.05, 4.69) is 15.4 Å². The molecule has 0 saturated heterocycles. The molecule has 37 heavy (non-hydrogen) atoms. The molecule has 0 aliphatic carbocycles. The van der Waals surface area contributed by atoms with Crippen molar-refractivity contribution in [2.45, 2.75) is 52.1 Å². The Morgan fingerprint density at radius 2 is 1.35 bits per heavy atom. The molecule has 0 saturated carbocycles. The summed E-state index contributed by atoms with van der Waals surface area (Å²) < 4.78 is 15.0. The van der Waals surface area contributed by atoms with Crippen LogP contribution in [0.3, 0.4) is 0 Å². The van der Waals surface area contributed by atoms with E-state index in [1.54, 1.807) is 20.8 Å². The molecule has 0 heterocycles. The average molecular weight is 513 g/mol. The molecule has 1 unspecified atom stereocenters.